The van der Waals surface area contributed by atoms with Crippen molar-refractivity contribution in [2.24, 2.45) is 0 Å². The summed E-state index contributed by atoms with van der Waals surface area (Å²) in [7, 11) is -2.34. The Morgan fingerprint density at radius 3 is 2.50 bits per heavy atom. The van der Waals surface area contributed by atoms with Crippen molar-refractivity contribution in [2.75, 3.05) is 18.6 Å². The molecule has 1 atom stereocenters. The molecule has 1 amide bonds. The molecular formula is C18H19ClN2O4S. The molecule has 2 aromatic carbocycles. The quantitative estimate of drug-likeness (QED) is 0.846. The van der Waals surface area contributed by atoms with E-state index in [4.69, 9.17) is 16.3 Å². The summed E-state index contributed by atoms with van der Waals surface area (Å²) >= 11 is 6.06. The summed E-state index contributed by atoms with van der Waals surface area (Å²) in [5.74, 6) is 0.398. The Morgan fingerprint density at radius 2 is 1.88 bits per heavy atom. The minimum atomic E-state index is -3.90. The third kappa shape index (κ3) is 3.56. The monoisotopic (exact) mass is 394 g/mol. The van der Waals surface area contributed by atoms with Crippen molar-refractivity contribution in [3.63, 3.8) is 0 Å². The summed E-state index contributed by atoms with van der Waals surface area (Å²) in [6, 6.07) is 11.1. The van der Waals surface area contributed by atoms with Gasteiger partial charge in [-0.25, -0.2) is 8.42 Å². The van der Waals surface area contributed by atoms with E-state index in [0.29, 0.717) is 30.0 Å². The lowest BCUT2D eigenvalue weighted by atomic mass is 10.2. The fourth-order valence-corrected chi connectivity index (χ4v) is 5.07. The maximum atomic E-state index is 12.7. The predicted octanol–water partition coefficient (Wildman–Crippen LogP) is 2.74. The van der Waals surface area contributed by atoms with E-state index in [-0.39, 0.29) is 15.8 Å². The summed E-state index contributed by atoms with van der Waals surface area (Å²) in [5, 5.41) is 0.134. The Kier molecular flexibility index (Phi) is 5.22. The predicted molar refractivity (Wildman–Crippen MR) is 100 cm³/mol. The summed E-state index contributed by atoms with van der Waals surface area (Å²) in [4.78, 5) is 14.2. The van der Waals surface area contributed by atoms with E-state index < -0.39 is 16.1 Å². The van der Waals surface area contributed by atoms with Crippen LogP contribution in [0.25, 0.3) is 0 Å². The van der Waals surface area contributed by atoms with Crippen LogP contribution >= 0.6 is 11.6 Å². The summed E-state index contributed by atoms with van der Waals surface area (Å²) in [6.45, 7) is 2.10. The first-order chi connectivity index (χ1) is 12.3. The number of hydrogen-bond donors (Lipinski definition) is 1. The molecule has 3 rings (SSSR count). The largest absolute Gasteiger partial charge is 0.497 e. The van der Waals surface area contributed by atoms with Gasteiger partial charge in [0.2, 0.25) is 15.9 Å². The molecule has 0 unspecified atom stereocenters. The number of ether oxygens (including phenoxy) is 1. The Hall–Kier alpha value is -2.09. The molecule has 1 fully saturated rings. The Bertz CT molecular complexity index is 908. The normalized spacial score (nSPS) is 17.6. The van der Waals surface area contributed by atoms with Crippen molar-refractivity contribution >= 4 is 33.2 Å². The van der Waals surface area contributed by atoms with E-state index in [2.05, 4.69) is 4.72 Å². The Balaban J connectivity index is 1.80. The number of methoxy groups -OCH3 is 1. The molecule has 1 saturated heterocycles. The first-order valence-corrected chi connectivity index (χ1v) is 9.92. The third-order valence-corrected chi connectivity index (χ3v) is 6.42. The number of nitrogens with zero attached hydrogens (tertiary/aromatic N) is 1. The number of anilines is 1. The number of aryl methyl sites for hydroxylation is 1. The van der Waals surface area contributed by atoms with E-state index in [1.165, 1.54) is 6.07 Å². The van der Waals surface area contributed by atoms with E-state index in [0.717, 1.165) is 0 Å². The smallest absolute Gasteiger partial charge is 0.245 e. The molecular weight excluding hydrogens is 376 g/mol. The van der Waals surface area contributed by atoms with Crippen LogP contribution in [0.3, 0.4) is 0 Å². The van der Waals surface area contributed by atoms with Crippen LogP contribution in [0.4, 0.5) is 5.69 Å². The number of rotatable bonds is 5. The highest BCUT2D eigenvalue weighted by Gasteiger charge is 2.36. The number of halogens is 1. The zero-order valence-electron chi connectivity index (χ0n) is 14.4. The van der Waals surface area contributed by atoms with Crippen molar-refractivity contribution in [3.8, 4) is 5.75 Å². The highest BCUT2D eigenvalue weighted by atomic mass is 35.5. The molecule has 0 aliphatic carbocycles. The number of sulfonamides is 1. The second-order valence-electron chi connectivity index (χ2n) is 6.04. The van der Waals surface area contributed by atoms with Gasteiger partial charge in [-0.2, -0.15) is 4.72 Å². The van der Waals surface area contributed by atoms with Gasteiger partial charge >= 0.3 is 0 Å². The lowest BCUT2D eigenvalue weighted by Gasteiger charge is -2.18. The standard InChI is InChI=1S/C18H19ClN2O4S/c1-12-4-3-5-15(19)17(12)26(23,24)20-16-10-11-21(18(16)22)13-6-8-14(25-2)9-7-13/h3-9,16,20H,10-11H2,1-2H3/t16-/m0/s1. The topological polar surface area (TPSA) is 75.7 Å². The number of hydrogen-bond acceptors (Lipinski definition) is 4. The van der Waals surface area contributed by atoms with Crippen LogP contribution in [0.15, 0.2) is 47.4 Å². The van der Waals surface area contributed by atoms with Gasteiger partial charge in [0.1, 0.15) is 16.7 Å². The number of nitrogens with one attached hydrogen (secondary N) is 1. The number of carbonyl (C=O) groups excluding carboxylic acids is 1. The molecule has 2 aromatic rings. The Labute approximate surface area is 157 Å². The van der Waals surface area contributed by atoms with Crippen LogP contribution < -0.4 is 14.4 Å². The molecule has 1 heterocycles. The third-order valence-electron chi connectivity index (χ3n) is 4.32. The summed E-state index contributed by atoms with van der Waals surface area (Å²) < 4.78 is 33.0. The van der Waals surface area contributed by atoms with Gasteiger partial charge in [0.25, 0.3) is 0 Å². The van der Waals surface area contributed by atoms with Crippen LogP contribution in [-0.2, 0) is 14.8 Å². The van der Waals surface area contributed by atoms with Crippen LogP contribution in [-0.4, -0.2) is 34.0 Å². The zero-order chi connectivity index (χ0) is 18.9. The molecule has 6 nitrogen and oxygen atoms in total. The molecule has 0 aromatic heterocycles. The first-order valence-electron chi connectivity index (χ1n) is 8.06. The molecule has 8 heteroatoms. The molecule has 0 saturated carbocycles. The number of amides is 1. The average molecular weight is 395 g/mol. The van der Waals surface area contributed by atoms with Gasteiger partial charge in [-0.3, -0.25) is 4.79 Å². The minimum Gasteiger partial charge on any atom is -0.497 e. The van der Waals surface area contributed by atoms with Gasteiger partial charge in [-0.05, 0) is 49.2 Å². The SMILES string of the molecule is COc1ccc(N2CC[C@H](NS(=O)(=O)c3c(C)cccc3Cl)C2=O)cc1. The highest BCUT2D eigenvalue weighted by molar-refractivity contribution is 7.89. The van der Waals surface area contributed by atoms with Gasteiger partial charge in [0.05, 0.1) is 12.1 Å². The van der Waals surface area contributed by atoms with Crippen LogP contribution in [0.1, 0.15) is 12.0 Å². The van der Waals surface area contributed by atoms with Crippen molar-refractivity contribution < 1.29 is 17.9 Å². The van der Waals surface area contributed by atoms with E-state index in [9.17, 15) is 13.2 Å². The van der Waals surface area contributed by atoms with Gasteiger partial charge in [-0.15, -0.1) is 0 Å². The summed E-state index contributed by atoms with van der Waals surface area (Å²) in [6.07, 6.45) is 0.383. The lowest BCUT2D eigenvalue weighted by molar-refractivity contribution is -0.118. The molecule has 138 valence electrons. The van der Waals surface area contributed by atoms with Crippen LogP contribution in [0, 0.1) is 6.92 Å². The van der Waals surface area contributed by atoms with E-state index >= 15 is 0 Å². The molecule has 26 heavy (non-hydrogen) atoms. The van der Waals surface area contributed by atoms with Gasteiger partial charge < -0.3 is 9.64 Å². The second-order valence-corrected chi connectivity index (χ2v) is 8.09. The number of benzene rings is 2. The lowest BCUT2D eigenvalue weighted by Crippen LogP contribution is -2.41. The average Bonchev–Trinajstić information content (AvgIpc) is 2.94. The van der Waals surface area contributed by atoms with Crippen molar-refractivity contribution in [3.05, 3.63) is 53.1 Å². The Morgan fingerprint density at radius 1 is 1.19 bits per heavy atom. The molecule has 0 bridgehead atoms. The van der Waals surface area contributed by atoms with Crippen molar-refractivity contribution in [1.29, 1.82) is 0 Å². The highest BCUT2D eigenvalue weighted by Crippen LogP contribution is 2.28. The van der Waals surface area contributed by atoms with E-state index in [1.54, 1.807) is 55.3 Å². The maximum absolute atomic E-state index is 12.7. The number of carbonyl (C=O) groups is 1. The fourth-order valence-electron chi connectivity index (χ4n) is 3.01. The van der Waals surface area contributed by atoms with Gasteiger partial charge in [-0.1, -0.05) is 23.7 Å². The van der Waals surface area contributed by atoms with Gasteiger partial charge in [0, 0.05) is 12.2 Å². The first kappa shape index (κ1) is 18.7. The molecule has 0 spiro atoms. The van der Waals surface area contributed by atoms with Crippen molar-refractivity contribution in [1.82, 2.24) is 4.72 Å². The summed E-state index contributed by atoms with van der Waals surface area (Å²) in [5.41, 5.74) is 1.23. The molecule has 0 radical (unpaired) electrons. The minimum absolute atomic E-state index is 0.0114. The second kappa shape index (κ2) is 7.26. The molecule has 1 aliphatic heterocycles. The zero-order valence-corrected chi connectivity index (χ0v) is 16.0. The fraction of sp³-hybridized carbons (Fsp3) is 0.278. The maximum Gasteiger partial charge on any atom is 0.245 e. The van der Waals surface area contributed by atoms with Crippen LogP contribution in [0.5, 0.6) is 5.75 Å². The van der Waals surface area contributed by atoms with Gasteiger partial charge in [0.15, 0.2) is 0 Å². The van der Waals surface area contributed by atoms with Crippen molar-refractivity contribution in [2.45, 2.75) is 24.3 Å². The van der Waals surface area contributed by atoms with Crippen LogP contribution in [0.2, 0.25) is 5.02 Å². The molecule has 1 aliphatic rings. The van der Waals surface area contributed by atoms with E-state index in [1.807, 2.05) is 0 Å². The molecule has 1 N–H and O–H groups in total.